The van der Waals surface area contributed by atoms with Gasteiger partial charge in [0, 0.05) is 45.6 Å². The average Bonchev–Trinajstić information content (AvgIpc) is 2.43. The van der Waals surface area contributed by atoms with Gasteiger partial charge in [-0.2, -0.15) is 0 Å². The van der Waals surface area contributed by atoms with Gasteiger partial charge in [-0.05, 0) is 19.8 Å². The molecule has 1 heterocycles. The number of urea groups is 1. The fourth-order valence-corrected chi connectivity index (χ4v) is 2.13. The van der Waals surface area contributed by atoms with Crippen LogP contribution in [0.25, 0.3) is 0 Å². The minimum atomic E-state index is -0.826. The average molecular weight is 285 g/mol. The van der Waals surface area contributed by atoms with Crippen LogP contribution in [0.2, 0.25) is 0 Å². The van der Waals surface area contributed by atoms with Gasteiger partial charge in [0.25, 0.3) is 0 Å². The van der Waals surface area contributed by atoms with E-state index in [2.05, 4.69) is 5.32 Å². The van der Waals surface area contributed by atoms with Gasteiger partial charge in [0.1, 0.15) is 0 Å². The highest BCUT2D eigenvalue weighted by Gasteiger charge is 2.23. The third kappa shape index (κ3) is 5.46. The number of aliphatic carboxylic acids is 1. The van der Waals surface area contributed by atoms with Gasteiger partial charge in [-0.3, -0.25) is 9.59 Å². The van der Waals surface area contributed by atoms with E-state index in [4.69, 9.17) is 5.11 Å². The minimum absolute atomic E-state index is 0.0472. The summed E-state index contributed by atoms with van der Waals surface area (Å²) in [6.45, 7) is 4.67. The number of piperazine rings is 1. The Kier molecular flexibility index (Phi) is 6.83. The Labute approximate surface area is 118 Å². The maximum absolute atomic E-state index is 11.9. The molecule has 7 heteroatoms. The van der Waals surface area contributed by atoms with Gasteiger partial charge in [-0.15, -0.1) is 0 Å². The summed E-state index contributed by atoms with van der Waals surface area (Å²) in [6, 6.07) is -0.0824. The molecule has 0 aliphatic carbocycles. The Morgan fingerprint density at radius 2 is 1.55 bits per heavy atom. The molecule has 0 bridgehead atoms. The van der Waals surface area contributed by atoms with Crippen molar-refractivity contribution in [1.29, 1.82) is 0 Å². The number of carbonyl (C=O) groups is 3. The molecule has 0 atom stereocenters. The molecule has 0 aromatic carbocycles. The molecule has 0 saturated carbocycles. The summed E-state index contributed by atoms with van der Waals surface area (Å²) in [5, 5.41) is 11.3. The quantitative estimate of drug-likeness (QED) is 0.696. The van der Waals surface area contributed by atoms with Crippen LogP contribution in [0.5, 0.6) is 0 Å². The maximum Gasteiger partial charge on any atom is 0.317 e. The lowest BCUT2D eigenvalue weighted by atomic mass is 10.1. The second kappa shape index (κ2) is 8.39. The van der Waals surface area contributed by atoms with E-state index in [-0.39, 0.29) is 18.4 Å². The van der Waals surface area contributed by atoms with Crippen molar-refractivity contribution in [3.8, 4) is 0 Å². The van der Waals surface area contributed by atoms with Gasteiger partial charge in [-0.25, -0.2) is 4.79 Å². The van der Waals surface area contributed by atoms with Crippen LogP contribution >= 0.6 is 0 Å². The molecular formula is C13H23N3O4. The molecule has 0 aromatic rings. The molecule has 3 amide bonds. The molecule has 20 heavy (non-hydrogen) atoms. The number of nitrogens with one attached hydrogen (secondary N) is 1. The first-order valence-corrected chi connectivity index (χ1v) is 7.07. The molecule has 1 saturated heterocycles. The summed E-state index contributed by atoms with van der Waals surface area (Å²) in [5.41, 5.74) is 0. The number of amides is 3. The summed E-state index contributed by atoms with van der Waals surface area (Å²) in [6.07, 6.45) is 1.62. The second-order valence-corrected chi connectivity index (χ2v) is 4.80. The van der Waals surface area contributed by atoms with E-state index in [1.54, 1.807) is 9.80 Å². The molecule has 114 valence electrons. The summed E-state index contributed by atoms with van der Waals surface area (Å²) in [7, 11) is 0. The Balaban J connectivity index is 2.22. The fraction of sp³-hybridized carbons (Fsp3) is 0.769. The molecule has 0 aromatic heterocycles. The van der Waals surface area contributed by atoms with Crippen molar-refractivity contribution in [2.24, 2.45) is 0 Å². The smallest absolute Gasteiger partial charge is 0.317 e. The lowest BCUT2D eigenvalue weighted by Crippen LogP contribution is -2.53. The molecule has 0 spiro atoms. The second-order valence-electron chi connectivity index (χ2n) is 4.80. The summed E-state index contributed by atoms with van der Waals surface area (Å²) in [5.74, 6) is -0.779. The van der Waals surface area contributed by atoms with Crippen LogP contribution in [0, 0.1) is 0 Å². The van der Waals surface area contributed by atoms with E-state index in [1.807, 2.05) is 6.92 Å². The molecule has 1 aliphatic heterocycles. The minimum Gasteiger partial charge on any atom is -0.481 e. The molecule has 2 N–H and O–H groups in total. The first kappa shape index (κ1) is 16.3. The number of carboxylic acids is 1. The van der Waals surface area contributed by atoms with Crippen LogP contribution in [0.1, 0.15) is 32.6 Å². The highest BCUT2D eigenvalue weighted by atomic mass is 16.4. The van der Waals surface area contributed by atoms with Gasteiger partial charge < -0.3 is 20.2 Å². The van der Waals surface area contributed by atoms with E-state index in [1.165, 1.54) is 0 Å². The number of carboxylic acid groups (broad SMARTS) is 1. The van der Waals surface area contributed by atoms with Crippen LogP contribution in [0.3, 0.4) is 0 Å². The Morgan fingerprint density at radius 3 is 2.10 bits per heavy atom. The monoisotopic (exact) mass is 285 g/mol. The third-order valence-corrected chi connectivity index (χ3v) is 3.28. The van der Waals surface area contributed by atoms with Gasteiger partial charge >= 0.3 is 12.0 Å². The van der Waals surface area contributed by atoms with Crippen molar-refractivity contribution in [1.82, 2.24) is 15.1 Å². The van der Waals surface area contributed by atoms with Crippen molar-refractivity contribution in [2.75, 3.05) is 32.7 Å². The molecule has 1 rings (SSSR count). The van der Waals surface area contributed by atoms with Crippen LogP contribution in [-0.2, 0) is 9.59 Å². The van der Waals surface area contributed by atoms with Crippen LogP contribution < -0.4 is 5.32 Å². The number of nitrogens with zero attached hydrogens (tertiary/aromatic N) is 2. The third-order valence-electron chi connectivity index (χ3n) is 3.28. The number of hydrogen-bond donors (Lipinski definition) is 2. The predicted octanol–water partition coefficient (Wildman–Crippen LogP) is 0.505. The Hall–Kier alpha value is -1.79. The number of rotatable bonds is 6. The van der Waals surface area contributed by atoms with E-state index >= 15 is 0 Å². The summed E-state index contributed by atoms with van der Waals surface area (Å²) < 4.78 is 0. The first-order chi connectivity index (χ1) is 9.54. The standard InChI is InChI=1S/C13H23N3O4/c1-2-14-13(20)16-9-7-15(8-10-16)11(17)5-3-4-6-12(18)19/h2-10H2,1H3,(H,14,20)(H,18,19). The molecule has 0 unspecified atom stereocenters. The largest absolute Gasteiger partial charge is 0.481 e. The van der Waals surface area contributed by atoms with E-state index < -0.39 is 5.97 Å². The van der Waals surface area contributed by atoms with E-state index in [9.17, 15) is 14.4 Å². The summed E-state index contributed by atoms with van der Waals surface area (Å²) in [4.78, 5) is 37.3. The SMILES string of the molecule is CCNC(=O)N1CCN(C(=O)CCCCC(=O)O)CC1. The van der Waals surface area contributed by atoms with Gasteiger partial charge in [0.2, 0.25) is 5.91 Å². The normalized spacial score (nSPS) is 15.1. The van der Waals surface area contributed by atoms with Crippen molar-refractivity contribution < 1.29 is 19.5 Å². The zero-order valence-corrected chi connectivity index (χ0v) is 11.9. The van der Waals surface area contributed by atoms with E-state index in [0.717, 1.165) is 0 Å². The highest BCUT2D eigenvalue weighted by molar-refractivity contribution is 5.77. The Morgan fingerprint density at radius 1 is 1.00 bits per heavy atom. The topological polar surface area (TPSA) is 90.0 Å². The molecule has 1 aliphatic rings. The molecule has 1 fully saturated rings. The molecule has 7 nitrogen and oxygen atoms in total. The summed E-state index contributed by atoms with van der Waals surface area (Å²) >= 11 is 0. The van der Waals surface area contributed by atoms with Crippen molar-refractivity contribution in [3.05, 3.63) is 0 Å². The number of hydrogen-bond acceptors (Lipinski definition) is 3. The fourth-order valence-electron chi connectivity index (χ4n) is 2.13. The Bertz CT molecular complexity index is 352. The predicted molar refractivity (Wildman–Crippen MR) is 73.3 cm³/mol. The lowest BCUT2D eigenvalue weighted by molar-refractivity contribution is -0.137. The molecular weight excluding hydrogens is 262 g/mol. The van der Waals surface area contributed by atoms with Gasteiger partial charge in [-0.1, -0.05) is 0 Å². The zero-order valence-electron chi connectivity index (χ0n) is 11.9. The van der Waals surface area contributed by atoms with Gasteiger partial charge in [0.15, 0.2) is 0 Å². The highest BCUT2D eigenvalue weighted by Crippen LogP contribution is 2.07. The lowest BCUT2D eigenvalue weighted by Gasteiger charge is -2.34. The van der Waals surface area contributed by atoms with Crippen LogP contribution in [0.4, 0.5) is 4.79 Å². The zero-order chi connectivity index (χ0) is 15.0. The van der Waals surface area contributed by atoms with Crippen molar-refractivity contribution in [3.63, 3.8) is 0 Å². The number of carbonyl (C=O) groups excluding carboxylic acids is 2. The first-order valence-electron chi connectivity index (χ1n) is 7.07. The van der Waals surface area contributed by atoms with Crippen LogP contribution in [0.15, 0.2) is 0 Å². The molecule has 0 radical (unpaired) electrons. The van der Waals surface area contributed by atoms with E-state index in [0.29, 0.717) is 52.0 Å². The van der Waals surface area contributed by atoms with Crippen molar-refractivity contribution in [2.45, 2.75) is 32.6 Å². The van der Waals surface area contributed by atoms with Gasteiger partial charge in [0.05, 0.1) is 0 Å². The van der Waals surface area contributed by atoms with Crippen molar-refractivity contribution >= 4 is 17.9 Å². The number of unbranched alkanes of at least 4 members (excludes halogenated alkanes) is 1. The maximum atomic E-state index is 11.9. The van der Waals surface area contributed by atoms with Crippen LogP contribution in [-0.4, -0.2) is 65.5 Å².